The lowest BCUT2D eigenvalue weighted by Crippen LogP contribution is -2.24. The minimum Gasteiger partial charge on any atom is -0.371 e. The topological polar surface area (TPSA) is 43.4 Å². The van der Waals surface area contributed by atoms with E-state index < -0.39 is 0 Å². The number of unbranched alkanes of at least 4 members (excludes halogenated alkanes) is 2. The van der Waals surface area contributed by atoms with Crippen LogP contribution in [0.2, 0.25) is 0 Å². The van der Waals surface area contributed by atoms with Crippen molar-refractivity contribution in [3.05, 3.63) is 0 Å². The molecule has 0 spiro atoms. The van der Waals surface area contributed by atoms with Crippen molar-refractivity contribution in [2.24, 2.45) is 0 Å². The van der Waals surface area contributed by atoms with E-state index >= 15 is 0 Å². The van der Waals surface area contributed by atoms with Gasteiger partial charge in [-0.25, -0.2) is 0 Å². The monoisotopic (exact) mass is 228 g/mol. The fourth-order valence-corrected chi connectivity index (χ4v) is 1.58. The Bertz CT molecular complexity index is 211. The summed E-state index contributed by atoms with van der Waals surface area (Å²) in [4.78, 5) is 22.6. The van der Waals surface area contributed by atoms with Crippen molar-refractivity contribution >= 4 is 11.6 Å². The lowest BCUT2D eigenvalue weighted by molar-refractivity contribution is -0.132. The van der Waals surface area contributed by atoms with E-state index in [0.29, 0.717) is 19.4 Å². The lowest BCUT2D eigenvalue weighted by atomic mass is 10.0. The average molecular weight is 228 g/mol. The third kappa shape index (κ3) is 7.57. The first-order chi connectivity index (χ1) is 7.61. The molecule has 0 aromatic rings. The summed E-state index contributed by atoms with van der Waals surface area (Å²) >= 11 is 0. The number of carbonyl (C=O) groups is 2. The minimum atomic E-state index is -0.295. The second-order valence-electron chi connectivity index (χ2n) is 4.11. The smallest absolute Gasteiger partial charge is 0.161 e. The maximum atomic E-state index is 11.8. The van der Waals surface area contributed by atoms with Gasteiger partial charge in [0.1, 0.15) is 11.9 Å². The Morgan fingerprint density at radius 2 is 1.81 bits per heavy atom. The van der Waals surface area contributed by atoms with Crippen LogP contribution in [0.4, 0.5) is 0 Å². The van der Waals surface area contributed by atoms with Crippen LogP contribution in [-0.4, -0.2) is 24.3 Å². The Labute approximate surface area is 98.6 Å². The van der Waals surface area contributed by atoms with Crippen LogP contribution >= 0.6 is 0 Å². The van der Waals surface area contributed by atoms with E-state index in [-0.39, 0.29) is 17.7 Å². The summed E-state index contributed by atoms with van der Waals surface area (Å²) in [6, 6.07) is 0. The summed E-state index contributed by atoms with van der Waals surface area (Å²) in [6.07, 6.45) is 4.45. The molecule has 0 heterocycles. The summed E-state index contributed by atoms with van der Waals surface area (Å²) < 4.78 is 5.42. The van der Waals surface area contributed by atoms with E-state index in [2.05, 4.69) is 6.92 Å². The van der Waals surface area contributed by atoms with Gasteiger partial charge in [-0.05, 0) is 20.3 Å². The summed E-state index contributed by atoms with van der Waals surface area (Å²) in [5.74, 6) is 0.144. The minimum absolute atomic E-state index is 0.0668. The van der Waals surface area contributed by atoms with E-state index in [1.807, 2.05) is 6.92 Å². The number of carbonyl (C=O) groups excluding carboxylic acids is 2. The van der Waals surface area contributed by atoms with Gasteiger partial charge in [0, 0.05) is 19.4 Å². The van der Waals surface area contributed by atoms with Crippen molar-refractivity contribution < 1.29 is 14.3 Å². The molecule has 0 fully saturated rings. The summed E-state index contributed by atoms with van der Waals surface area (Å²) in [7, 11) is 0. The average Bonchev–Trinajstić information content (AvgIpc) is 2.25. The Kier molecular flexibility index (Phi) is 9.10. The van der Waals surface area contributed by atoms with Crippen LogP contribution in [-0.2, 0) is 14.3 Å². The molecule has 0 aromatic carbocycles. The quantitative estimate of drug-likeness (QED) is 0.540. The molecule has 0 saturated carbocycles. The highest BCUT2D eigenvalue weighted by Crippen LogP contribution is 2.10. The number of rotatable bonds is 10. The summed E-state index contributed by atoms with van der Waals surface area (Å²) in [6.45, 7) is 6.10. The number of ketones is 2. The van der Waals surface area contributed by atoms with Crippen LogP contribution in [0.5, 0.6) is 0 Å². The highest BCUT2D eigenvalue weighted by atomic mass is 16.5. The van der Waals surface area contributed by atoms with Crippen LogP contribution in [0.15, 0.2) is 0 Å². The van der Waals surface area contributed by atoms with Crippen LogP contribution < -0.4 is 0 Å². The lowest BCUT2D eigenvalue weighted by Gasteiger charge is -2.15. The predicted molar refractivity (Wildman–Crippen MR) is 64.5 cm³/mol. The van der Waals surface area contributed by atoms with Gasteiger partial charge >= 0.3 is 0 Å². The van der Waals surface area contributed by atoms with Gasteiger partial charge in [-0.15, -0.1) is 0 Å². The SMILES string of the molecule is CCCCCC(OCC)C(=O)CCC(C)=O. The molecule has 0 aliphatic rings. The maximum Gasteiger partial charge on any atom is 0.161 e. The first-order valence-electron chi connectivity index (χ1n) is 6.25. The molecule has 0 N–H and O–H groups in total. The number of Topliss-reactive ketones (excluding diaryl/α,β-unsaturated/α-hetero) is 2. The molecule has 1 atom stereocenters. The van der Waals surface area contributed by atoms with Gasteiger partial charge < -0.3 is 9.53 Å². The highest BCUT2D eigenvalue weighted by molar-refractivity contribution is 5.87. The van der Waals surface area contributed by atoms with Crippen LogP contribution in [0.3, 0.4) is 0 Å². The molecule has 0 amide bonds. The molecular formula is C13H24O3. The fourth-order valence-electron chi connectivity index (χ4n) is 1.58. The molecule has 0 radical (unpaired) electrons. The molecule has 3 nitrogen and oxygen atoms in total. The summed E-state index contributed by atoms with van der Waals surface area (Å²) in [5, 5.41) is 0. The Morgan fingerprint density at radius 3 is 2.31 bits per heavy atom. The molecule has 0 aromatic heterocycles. The fraction of sp³-hybridized carbons (Fsp3) is 0.846. The van der Waals surface area contributed by atoms with Crippen molar-refractivity contribution in [2.45, 2.75) is 65.4 Å². The Hall–Kier alpha value is -0.700. The molecule has 16 heavy (non-hydrogen) atoms. The van der Waals surface area contributed by atoms with Crippen molar-refractivity contribution in [3.63, 3.8) is 0 Å². The first-order valence-corrected chi connectivity index (χ1v) is 6.25. The zero-order valence-electron chi connectivity index (χ0n) is 10.8. The van der Waals surface area contributed by atoms with E-state index in [4.69, 9.17) is 4.74 Å². The predicted octanol–water partition coefficient (Wildman–Crippen LogP) is 2.91. The molecule has 0 rings (SSSR count). The molecule has 0 bridgehead atoms. The summed E-state index contributed by atoms with van der Waals surface area (Å²) in [5.41, 5.74) is 0. The van der Waals surface area contributed by atoms with Gasteiger partial charge in [-0.2, -0.15) is 0 Å². The van der Waals surface area contributed by atoms with Crippen molar-refractivity contribution in [3.8, 4) is 0 Å². The third-order valence-electron chi connectivity index (χ3n) is 2.52. The van der Waals surface area contributed by atoms with Gasteiger partial charge in [-0.3, -0.25) is 4.79 Å². The molecule has 94 valence electrons. The zero-order valence-corrected chi connectivity index (χ0v) is 10.8. The zero-order chi connectivity index (χ0) is 12.4. The van der Waals surface area contributed by atoms with Gasteiger partial charge in [0.15, 0.2) is 5.78 Å². The van der Waals surface area contributed by atoms with Gasteiger partial charge in [0.05, 0.1) is 0 Å². The normalized spacial score (nSPS) is 12.4. The largest absolute Gasteiger partial charge is 0.371 e. The molecule has 0 aliphatic carbocycles. The molecular weight excluding hydrogens is 204 g/mol. The Morgan fingerprint density at radius 1 is 1.12 bits per heavy atom. The van der Waals surface area contributed by atoms with Gasteiger partial charge in [-0.1, -0.05) is 26.2 Å². The van der Waals surface area contributed by atoms with Gasteiger partial charge in [0.2, 0.25) is 0 Å². The van der Waals surface area contributed by atoms with Crippen LogP contribution in [0.25, 0.3) is 0 Å². The molecule has 3 heteroatoms. The Balaban J connectivity index is 3.96. The van der Waals surface area contributed by atoms with E-state index in [1.54, 1.807) is 0 Å². The van der Waals surface area contributed by atoms with Crippen molar-refractivity contribution in [1.82, 2.24) is 0 Å². The van der Waals surface area contributed by atoms with E-state index in [9.17, 15) is 9.59 Å². The van der Waals surface area contributed by atoms with Crippen molar-refractivity contribution in [1.29, 1.82) is 0 Å². The van der Waals surface area contributed by atoms with Gasteiger partial charge in [0.25, 0.3) is 0 Å². The second-order valence-corrected chi connectivity index (χ2v) is 4.11. The molecule has 0 saturated heterocycles. The van der Waals surface area contributed by atoms with E-state index in [1.165, 1.54) is 6.92 Å². The van der Waals surface area contributed by atoms with Crippen molar-refractivity contribution in [2.75, 3.05) is 6.61 Å². The first kappa shape index (κ1) is 15.3. The molecule has 0 aliphatic heterocycles. The standard InChI is InChI=1S/C13H24O3/c1-4-6-7-8-13(16-5-2)12(15)10-9-11(3)14/h13H,4-10H2,1-3H3. The number of hydrogen-bond acceptors (Lipinski definition) is 3. The second kappa shape index (κ2) is 9.52. The number of hydrogen-bond donors (Lipinski definition) is 0. The maximum absolute atomic E-state index is 11.8. The van der Waals surface area contributed by atoms with Crippen LogP contribution in [0.1, 0.15) is 59.3 Å². The highest BCUT2D eigenvalue weighted by Gasteiger charge is 2.17. The number of ether oxygens (including phenoxy) is 1. The van der Waals surface area contributed by atoms with Crippen LogP contribution in [0, 0.1) is 0 Å². The molecule has 1 unspecified atom stereocenters. The third-order valence-corrected chi connectivity index (χ3v) is 2.52. The van der Waals surface area contributed by atoms with E-state index in [0.717, 1.165) is 25.7 Å².